The Morgan fingerprint density at radius 2 is 1.76 bits per heavy atom. The number of pyridine rings is 1. The highest BCUT2D eigenvalue weighted by Crippen LogP contribution is 2.17. The molecular weight excluding hydrogens is 266 g/mol. The third kappa shape index (κ3) is 3.00. The number of nitrogens with zero attached hydrogens (tertiary/aromatic N) is 4. The van der Waals surface area contributed by atoms with Crippen molar-refractivity contribution >= 4 is 5.69 Å². The lowest BCUT2D eigenvalue weighted by Crippen LogP contribution is -2.03. The molecule has 0 aliphatic rings. The van der Waals surface area contributed by atoms with Gasteiger partial charge in [0.15, 0.2) is 0 Å². The number of benzene rings is 1. The fourth-order valence-electron chi connectivity index (χ4n) is 1.98. The topological polar surface area (TPSA) is 75.9 Å². The summed E-state index contributed by atoms with van der Waals surface area (Å²) in [6.07, 6.45) is 3.27. The maximum Gasteiger partial charge on any atom is 0.138 e. The molecule has 2 aromatic heterocycles. The molecule has 0 saturated carbocycles. The first kappa shape index (κ1) is 13.1. The Morgan fingerprint density at radius 1 is 1.05 bits per heavy atom. The summed E-state index contributed by atoms with van der Waals surface area (Å²) in [4.78, 5) is 5.86. The highest BCUT2D eigenvalue weighted by Gasteiger charge is 2.03. The summed E-state index contributed by atoms with van der Waals surface area (Å²) in [5.74, 6) is 0.200. The summed E-state index contributed by atoms with van der Waals surface area (Å²) >= 11 is 0. The van der Waals surface area contributed by atoms with Crippen LogP contribution in [0.5, 0.6) is 5.75 Å². The average Bonchev–Trinajstić information content (AvgIpc) is 3.03. The Kier molecular flexibility index (Phi) is 3.51. The fourth-order valence-corrected chi connectivity index (χ4v) is 1.98. The van der Waals surface area contributed by atoms with E-state index in [1.807, 2.05) is 31.2 Å². The summed E-state index contributed by atoms with van der Waals surface area (Å²) in [5.41, 5.74) is 3.34. The second-order valence-corrected chi connectivity index (χ2v) is 4.64. The van der Waals surface area contributed by atoms with E-state index in [0.717, 1.165) is 17.1 Å². The van der Waals surface area contributed by atoms with Gasteiger partial charge in [0.25, 0.3) is 0 Å². The number of hydrogen-bond donors (Lipinski definition) is 2. The Morgan fingerprint density at radius 3 is 2.48 bits per heavy atom. The molecule has 2 heterocycles. The smallest absolute Gasteiger partial charge is 0.138 e. The van der Waals surface area contributed by atoms with Gasteiger partial charge in [-0.1, -0.05) is 0 Å². The zero-order valence-corrected chi connectivity index (χ0v) is 11.6. The summed E-state index contributed by atoms with van der Waals surface area (Å²) in [6.45, 7) is 2.36. The van der Waals surface area contributed by atoms with E-state index in [2.05, 4.69) is 20.5 Å². The number of nitrogens with one attached hydrogen (secondary N) is 1. The molecule has 0 spiro atoms. The van der Waals surface area contributed by atoms with Gasteiger partial charge in [-0.2, -0.15) is 15.0 Å². The number of hydrogen-bond acceptors (Lipinski definition) is 5. The van der Waals surface area contributed by atoms with Crippen LogP contribution in [0.3, 0.4) is 0 Å². The van der Waals surface area contributed by atoms with Crippen LogP contribution in [0.25, 0.3) is 5.69 Å². The van der Waals surface area contributed by atoms with Crippen LogP contribution in [0.2, 0.25) is 0 Å². The van der Waals surface area contributed by atoms with E-state index in [9.17, 15) is 5.11 Å². The van der Waals surface area contributed by atoms with Gasteiger partial charge in [-0.15, -0.1) is 0 Å². The van der Waals surface area contributed by atoms with Gasteiger partial charge >= 0.3 is 0 Å². The van der Waals surface area contributed by atoms with Crippen molar-refractivity contribution in [3.8, 4) is 11.4 Å². The molecule has 0 radical (unpaired) electrons. The van der Waals surface area contributed by atoms with Gasteiger partial charge in [0.2, 0.25) is 0 Å². The summed E-state index contributed by atoms with van der Waals surface area (Å²) < 4.78 is 0. The predicted octanol–water partition coefficient (Wildman–Crippen LogP) is 2.29. The molecule has 0 fully saturated rings. The van der Waals surface area contributed by atoms with Crippen molar-refractivity contribution in [1.29, 1.82) is 0 Å². The Balaban J connectivity index is 1.70. The zero-order valence-electron chi connectivity index (χ0n) is 11.6. The Labute approximate surface area is 122 Å². The third-order valence-electron chi connectivity index (χ3n) is 3.07. The maximum absolute atomic E-state index is 9.76. The van der Waals surface area contributed by atoms with Crippen molar-refractivity contribution < 1.29 is 5.11 Å². The number of rotatable bonds is 4. The predicted molar refractivity (Wildman–Crippen MR) is 79.3 cm³/mol. The Bertz CT molecular complexity index is 722. The van der Waals surface area contributed by atoms with E-state index in [0.29, 0.717) is 12.2 Å². The molecule has 6 heteroatoms. The van der Waals surface area contributed by atoms with Gasteiger partial charge in [0, 0.05) is 11.4 Å². The average molecular weight is 281 g/mol. The van der Waals surface area contributed by atoms with Crippen LogP contribution in [0.4, 0.5) is 5.69 Å². The number of aromatic nitrogens is 4. The monoisotopic (exact) mass is 281 g/mol. The molecule has 0 atom stereocenters. The molecule has 0 saturated heterocycles. The minimum atomic E-state index is 0.200. The van der Waals surface area contributed by atoms with Crippen molar-refractivity contribution in [3.05, 3.63) is 60.2 Å². The van der Waals surface area contributed by atoms with Crippen LogP contribution < -0.4 is 5.32 Å². The largest absolute Gasteiger partial charge is 0.506 e. The molecular formula is C15H15N5O. The molecule has 0 aliphatic carbocycles. The zero-order chi connectivity index (χ0) is 14.7. The molecule has 3 aromatic rings. The lowest BCUT2D eigenvalue weighted by atomic mass is 10.2. The van der Waals surface area contributed by atoms with Gasteiger partial charge < -0.3 is 10.4 Å². The minimum Gasteiger partial charge on any atom is -0.506 e. The quantitative estimate of drug-likeness (QED) is 0.767. The second kappa shape index (κ2) is 5.62. The fraction of sp³-hybridized carbons (Fsp3) is 0.133. The molecule has 6 nitrogen and oxygen atoms in total. The molecule has 1 aromatic carbocycles. The van der Waals surface area contributed by atoms with Crippen molar-refractivity contribution in [2.45, 2.75) is 13.5 Å². The number of aryl methyl sites for hydroxylation is 1. The van der Waals surface area contributed by atoms with Crippen LogP contribution in [-0.2, 0) is 6.54 Å². The van der Waals surface area contributed by atoms with Crippen molar-refractivity contribution in [2.75, 3.05) is 5.32 Å². The van der Waals surface area contributed by atoms with Gasteiger partial charge in [-0.3, -0.25) is 4.98 Å². The first-order valence-corrected chi connectivity index (χ1v) is 6.58. The summed E-state index contributed by atoms with van der Waals surface area (Å²) in [7, 11) is 0. The van der Waals surface area contributed by atoms with E-state index < -0.39 is 0 Å². The Hall–Kier alpha value is -2.89. The molecule has 2 N–H and O–H groups in total. The van der Waals surface area contributed by atoms with Crippen molar-refractivity contribution in [3.63, 3.8) is 0 Å². The lowest BCUT2D eigenvalue weighted by molar-refractivity contribution is 0.464. The normalized spacial score (nSPS) is 10.5. The summed E-state index contributed by atoms with van der Waals surface area (Å²) in [6, 6.07) is 11.2. The van der Waals surface area contributed by atoms with E-state index in [-0.39, 0.29) is 5.75 Å². The molecule has 21 heavy (non-hydrogen) atoms. The highest BCUT2D eigenvalue weighted by molar-refractivity contribution is 5.48. The SMILES string of the molecule is Cc1ccc(O)c(CNc2ccc(-n3nccn3)cc2)n1. The van der Waals surface area contributed by atoms with E-state index >= 15 is 0 Å². The number of anilines is 1. The first-order valence-electron chi connectivity index (χ1n) is 6.58. The first-order chi connectivity index (χ1) is 10.2. The van der Waals surface area contributed by atoms with Crippen molar-refractivity contribution in [1.82, 2.24) is 20.0 Å². The second-order valence-electron chi connectivity index (χ2n) is 4.64. The van der Waals surface area contributed by atoms with Gasteiger partial charge in [-0.25, -0.2) is 0 Å². The van der Waals surface area contributed by atoms with E-state index in [1.165, 1.54) is 0 Å². The van der Waals surface area contributed by atoms with E-state index in [4.69, 9.17) is 0 Å². The van der Waals surface area contributed by atoms with Crippen LogP contribution in [0, 0.1) is 6.92 Å². The van der Waals surface area contributed by atoms with Crippen LogP contribution in [0.1, 0.15) is 11.4 Å². The van der Waals surface area contributed by atoms with Crippen molar-refractivity contribution in [2.24, 2.45) is 0 Å². The molecule has 0 aliphatic heterocycles. The van der Waals surface area contributed by atoms with Crippen LogP contribution in [-0.4, -0.2) is 25.1 Å². The molecule has 0 unspecified atom stereocenters. The molecule has 0 amide bonds. The van der Waals surface area contributed by atoms with E-state index in [1.54, 1.807) is 29.3 Å². The van der Waals surface area contributed by atoms with Gasteiger partial charge in [-0.05, 0) is 43.3 Å². The van der Waals surface area contributed by atoms with Gasteiger partial charge in [0.1, 0.15) is 11.4 Å². The lowest BCUT2D eigenvalue weighted by Gasteiger charge is -2.09. The van der Waals surface area contributed by atoms with Crippen LogP contribution in [0.15, 0.2) is 48.8 Å². The van der Waals surface area contributed by atoms with Crippen LogP contribution >= 0.6 is 0 Å². The number of aromatic hydroxyl groups is 1. The molecule has 106 valence electrons. The molecule has 3 rings (SSSR count). The highest BCUT2D eigenvalue weighted by atomic mass is 16.3. The third-order valence-corrected chi connectivity index (χ3v) is 3.07. The standard InChI is InChI=1S/C15H15N5O/c1-11-2-7-15(21)14(19-11)10-16-12-3-5-13(6-4-12)20-17-8-9-18-20/h2-9,16,21H,10H2,1H3. The molecule has 0 bridgehead atoms. The van der Waals surface area contributed by atoms with Gasteiger partial charge in [0.05, 0.1) is 24.6 Å². The minimum absolute atomic E-state index is 0.200. The summed E-state index contributed by atoms with van der Waals surface area (Å²) in [5, 5.41) is 21.1. The maximum atomic E-state index is 9.76.